The zero-order chi connectivity index (χ0) is 0. The van der Waals surface area contributed by atoms with E-state index in [4.69, 9.17) is 0 Å². The van der Waals surface area contributed by atoms with Gasteiger partial charge >= 0.3 is 0 Å². The van der Waals surface area contributed by atoms with Crippen LogP contribution in [0, 0.1) is 0 Å². The van der Waals surface area contributed by atoms with Crippen LogP contribution in [-0.4, -0.2) is 146 Å². The molecule has 9 heteroatoms. The molecule has 0 spiro atoms. The van der Waals surface area contributed by atoms with Crippen molar-refractivity contribution in [3.63, 3.8) is 0 Å². The Labute approximate surface area is 143 Å². The molecule has 0 fully saturated rings. The second-order valence-electron chi connectivity index (χ2n) is 0. The minimum atomic E-state index is 0. The molecule has 0 saturated heterocycles. The topological polar surface area (TPSA) is 189 Å². The van der Waals surface area contributed by atoms with Crippen LogP contribution in [0.5, 0.6) is 0 Å². The fourth-order valence-electron chi connectivity index (χ4n) is 0. The molecular formula is H12Ca3O6. The van der Waals surface area contributed by atoms with Gasteiger partial charge in [-0.1, -0.05) is 0 Å². The summed E-state index contributed by atoms with van der Waals surface area (Å²) in [6.45, 7) is 0. The SMILES string of the molecule is O.O.O.O.O.O.[Ca].[Ca].[Ca]. The molecule has 6 nitrogen and oxygen atoms in total. The average Bonchev–Trinajstić information content (AvgIpc) is 0. The van der Waals surface area contributed by atoms with Crippen molar-refractivity contribution < 1.29 is 32.9 Å². The Kier molecular flexibility index (Phi) is 1520. The molecule has 0 aromatic rings. The maximum absolute atomic E-state index is 0. The molecule has 0 aliphatic rings. The maximum atomic E-state index is 0. The molecule has 0 aromatic heterocycles. The summed E-state index contributed by atoms with van der Waals surface area (Å²) >= 11 is 0. The molecule has 0 aliphatic heterocycles. The van der Waals surface area contributed by atoms with Crippen LogP contribution in [0.3, 0.4) is 0 Å². The average molecular weight is 228 g/mol. The molecule has 9 heavy (non-hydrogen) atoms. The number of hydrogen-bond donors (Lipinski definition) is 0. The number of rotatable bonds is 0. The first-order valence-electron chi connectivity index (χ1n) is 0. The van der Waals surface area contributed by atoms with E-state index in [0.717, 1.165) is 0 Å². The van der Waals surface area contributed by atoms with Gasteiger partial charge in [-0.25, -0.2) is 0 Å². The monoisotopic (exact) mass is 228 g/mol. The zero-order valence-corrected chi connectivity index (χ0v) is 11.7. The fraction of sp³-hybridized carbons (Fsp3) is 0. The third kappa shape index (κ3) is 83.8. The molecule has 12 N–H and O–H groups in total. The van der Waals surface area contributed by atoms with Crippen molar-refractivity contribution in [3.8, 4) is 0 Å². The molecule has 0 amide bonds. The van der Waals surface area contributed by atoms with Gasteiger partial charge in [0.1, 0.15) is 0 Å². The van der Waals surface area contributed by atoms with Crippen molar-refractivity contribution in [1.82, 2.24) is 0 Å². The van der Waals surface area contributed by atoms with Crippen molar-refractivity contribution >= 4 is 113 Å². The van der Waals surface area contributed by atoms with E-state index in [1.807, 2.05) is 0 Å². The molecule has 0 aliphatic carbocycles. The summed E-state index contributed by atoms with van der Waals surface area (Å²) in [5.74, 6) is 0. The van der Waals surface area contributed by atoms with E-state index in [1.54, 1.807) is 0 Å². The third-order valence-corrected chi connectivity index (χ3v) is 0. The Hall–Kier alpha value is 3.54. The van der Waals surface area contributed by atoms with Gasteiger partial charge in [0.2, 0.25) is 0 Å². The third-order valence-electron chi connectivity index (χ3n) is 0. The van der Waals surface area contributed by atoms with E-state index in [0.29, 0.717) is 0 Å². The molecule has 0 rings (SSSR count). The zero-order valence-electron chi connectivity index (χ0n) is 5.12. The normalized spacial score (nSPS) is 0. The van der Waals surface area contributed by atoms with Gasteiger partial charge in [-0.05, 0) is 0 Å². The molecule has 54 valence electrons. The van der Waals surface area contributed by atoms with Crippen LogP contribution in [0.1, 0.15) is 0 Å². The summed E-state index contributed by atoms with van der Waals surface area (Å²) in [6.07, 6.45) is 0. The van der Waals surface area contributed by atoms with E-state index < -0.39 is 0 Å². The Balaban J connectivity index is 0. The van der Waals surface area contributed by atoms with E-state index in [9.17, 15) is 0 Å². The van der Waals surface area contributed by atoms with E-state index in [1.165, 1.54) is 0 Å². The van der Waals surface area contributed by atoms with Gasteiger partial charge in [-0.15, -0.1) is 0 Å². The Bertz CT molecular complexity index is 8.26. The smallest absolute Gasteiger partial charge is 0 e. The van der Waals surface area contributed by atoms with Gasteiger partial charge in [0, 0.05) is 113 Å². The van der Waals surface area contributed by atoms with E-state index in [2.05, 4.69) is 0 Å². The second-order valence-corrected chi connectivity index (χ2v) is 0. The summed E-state index contributed by atoms with van der Waals surface area (Å²) in [6, 6.07) is 0. The Morgan fingerprint density at radius 1 is 0.222 bits per heavy atom. The van der Waals surface area contributed by atoms with Crippen molar-refractivity contribution in [2.24, 2.45) is 0 Å². The minimum absolute atomic E-state index is 0. The summed E-state index contributed by atoms with van der Waals surface area (Å²) in [5.41, 5.74) is 0. The Morgan fingerprint density at radius 2 is 0.222 bits per heavy atom. The first kappa shape index (κ1) is 133. The van der Waals surface area contributed by atoms with Crippen LogP contribution < -0.4 is 0 Å². The van der Waals surface area contributed by atoms with Gasteiger partial charge in [-0.3, -0.25) is 0 Å². The van der Waals surface area contributed by atoms with Crippen LogP contribution in [0.4, 0.5) is 0 Å². The first-order valence-corrected chi connectivity index (χ1v) is 0. The predicted molar refractivity (Wildman–Crippen MR) is 38.9 cm³/mol. The van der Waals surface area contributed by atoms with Crippen LogP contribution >= 0.6 is 0 Å². The first-order chi connectivity index (χ1) is 0. The van der Waals surface area contributed by atoms with Crippen LogP contribution in [0.25, 0.3) is 0 Å². The summed E-state index contributed by atoms with van der Waals surface area (Å²) in [7, 11) is 0. The summed E-state index contributed by atoms with van der Waals surface area (Å²) in [5, 5.41) is 0. The van der Waals surface area contributed by atoms with Gasteiger partial charge < -0.3 is 32.9 Å². The van der Waals surface area contributed by atoms with Crippen molar-refractivity contribution in [3.05, 3.63) is 0 Å². The molecule has 0 bridgehead atoms. The molecule has 0 heterocycles. The molecule has 0 unspecified atom stereocenters. The van der Waals surface area contributed by atoms with Crippen molar-refractivity contribution in [2.75, 3.05) is 0 Å². The maximum Gasteiger partial charge on any atom is 0 e. The fourth-order valence-corrected chi connectivity index (χ4v) is 0. The molecule has 0 saturated carbocycles. The second kappa shape index (κ2) is 102. The van der Waals surface area contributed by atoms with Crippen LogP contribution in [0.2, 0.25) is 0 Å². The summed E-state index contributed by atoms with van der Waals surface area (Å²) in [4.78, 5) is 0. The minimum Gasteiger partial charge on any atom is -0.412 e. The van der Waals surface area contributed by atoms with Crippen molar-refractivity contribution in [2.45, 2.75) is 0 Å². The quantitative estimate of drug-likeness (QED) is 0.357. The van der Waals surface area contributed by atoms with Crippen LogP contribution in [-0.2, 0) is 0 Å². The predicted octanol–water partition coefficient (Wildman–Crippen LogP) is -6.09. The van der Waals surface area contributed by atoms with Gasteiger partial charge in [0.25, 0.3) is 0 Å². The summed E-state index contributed by atoms with van der Waals surface area (Å²) < 4.78 is 0. The van der Waals surface area contributed by atoms with Crippen LogP contribution in [0.15, 0.2) is 0 Å². The van der Waals surface area contributed by atoms with E-state index >= 15 is 0 Å². The van der Waals surface area contributed by atoms with Gasteiger partial charge in [-0.2, -0.15) is 0 Å². The molecule has 6 radical (unpaired) electrons. The van der Waals surface area contributed by atoms with Gasteiger partial charge in [0.15, 0.2) is 0 Å². The number of hydrogen-bond acceptors (Lipinski definition) is 0. The molecule has 0 atom stereocenters. The largest absolute Gasteiger partial charge is 0.412 e. The van der Waals surface area contributed by atoms with Crippen molar-refractivity contribution in [1.29, 1.82) is 0 Å². The molecular weight excluding hydrogens is 216 g/mol. The standard InChI is InChI=1S/3Ca.6H2O/h;;;6*1H2. The van der Waals surface area contributed by atoms with E-state index in [-0.39, 0.29) is 146 Å². The molecule has 0 aromatic carbocycles. The van der Waals surface area contributed by atoms with Gasteiger partial charge in [0.05, 0.1) is 0 Å². The Morgan fingerprint density at radius 3 is 0.222 bits per heavy atom.